The summed E-state index contributed by atoms with van der Waals surface area (Å²) in [6.07, 6.45) is 7.78. The summed E-state index contributed by atoms with van der Waals surface area (Å²) in [4.78, 5) is 28.9. The summed E-state index contributed by atoms with van der Waals surface area (Å²) < 4.78 is 0. The van der Waals surface area contributed by atoms with Gasteiger partial charge in [0.2, 0.25) is 0 Å². The Morgan fingerprint density at radius 2 is 2.12 bits per heavy atom. The summed E-state index contributed by atoms with van der Waals surface area (Å²) in [5.41, 5.74) is -1.27. The van der Waals surface area contributed by atoms with E-state index in [0.717, 1.165) is 15.1 Å². The van der Waals surface area contributed by atoms with Crippen molar-refractivity contribution in [2.45, 2.75) is 50.8 Å². The van der Waals surface area contributed by atoms with Gasteiger partial charge in [-0.1, -0.05) is 32.9 Å². The van der Waals surface area contributed by atoms with Crippen molar-refractivity contribution >= 4 is 32.5 Å². The van der Waals surface area contributed by atoms with Crippen molar-refractivity contribution in [3.05, 3.63) is 45.9 Å². The number of aliphatic imine (C=N–C) groups is 1. The maximum absolute atomic E-state index is 12.4. The van der Waals surface area contributed by atoms with Crippen LogP contribution in [-0.4, -0.2) is 73.9 Å². The molecule has 8 nitrogen and oxygen atoms in total. The van der Waals surface area contributed by atoms with E-state index in [0.29, 0.717) is 12.2 Å². The zero-order valence-electron chi connectivity index (χ0n) is 19.7. The minimum atomic E-state index is -1.67. The Morgan fingerprint density at radius 1 is 1.36 bits per heavy atom. The van der Waals surface area contributed by atoms with Crippen molar-refractivity contribution in [2.24, 2.45) is 10.4 Å². The summed E-state index contributed by atoms with van der Waals surface area (Å²) in [7, 11) is -1.67. The first kappa shape index (κ1) is 24.2. The number of rotatable bonds is 3. The summed E-state index contributed by atoms with van der Waals surface area (Å²) in [6.45, 7) is 9.03. The Balaban J connectivity index is 1.55. The van der Waals surface area contributed by atoms with Gasteiger partial charge < -0.3 is 15.1 Å². The Morgan fingerprint density at radius 3 is 2.70 bits per heavy atom. The molecule has 1 saturated heterocycles. The molecule has 180 valence electrons. The Labute approximate surface area is 200 Å². The number of hydrogen-bond acceptors (Lipinski definition) is 8. The number of hydroxylamine groups is 2. The molecule has 0 saturated carbocycles. The van der Waals surface area contributed by atoms with Gasteiger partial charge >= 0.3 is 6.09 Å². The second kappa shape index (κ2) is 8.66. The van der Waals surface area contributed by atoms with E-state index in [-0.39, 0.29) is 24.9 Å². The van der Waals surface area contributed by atoms with Crippen LogP contribution in [0.1, 0.15) is 32.2 Å². The van der Waals surface area contributed by atoms with Gasteiger partial charge in [-0.3, -0.25) is 4.90 Å². The lowest BCUT2D eigenvalue weighted by molar-refractivity contribution is -0.189. The highest BCUT2D eigenvalue weighted by atomic mass is 32.3. The van der Waals surface area contributed by atoms with Crippen LogP contribution < -0.4 is 0 Å². The van der Waals surface area contributed by atoms with Crippen molar-refractivity contribution in [1.82, 2.24) is 14.9 Å². The van der Waals surface area contributed by atoms with E-state index < -0.39 is 27.8 Å². The Hall–Kier alpha value is -1.98. The summed E-state index contributed by atoms with van der Waals surface area (Å²) in [5.74, 6) is 0. The van der Waals surface area contributed by atoms with Crippen LogP contribution in [0.15, 0.2) is 50.9 Å². The molecule has 0 aromatic carbocycles. The lowest BCUT2D eigenvalue weighted by atomic mass is 9.86. The highest BCUT2D eigenvalue weighted by Gasteiger charge is 2.50. The maximum atomic E-state index is 12.4. The minimum absolute atomic E-state index is 0.00476. The average molecular weight is 493 g/mol. The van der Waals surface area contributed by atoms with Crippen molar-refractivity contribution < 1.29 is 19.8 Å². The molecule has 1 amide bonds. The Bertz CT molecular complexity index is 1060. The van der Waals surface area contributed by atoms with Crippen LogP contribution in [0.4, 0.5) is 4.79 Å². The molecule has 1 aromatic heterocycles. The predicted molar refractivity (Wildman–Crippen MR) is 132 cm³/mol. The van der Waals surface area contributed by atoms with Crippen molar-refractivity contribution in [3.8, 4) is 0 Å². The van der Waals surface area contributed by atoms with E-state index in [1.165, 1.54) is 9.96 Å². The molecule has 0 spiro atoms. The number of piperidine rings is 1. The SMILES string of the molecule is Cc1nc(S2(C)C=C([C@]3(O)CCN(OC(=O)N4C=CC=CC4)C[C@H]3O)N=C2C(C)(C)C)cs1. The van der Waals surface area contributed by atoms with E-state index >= 15 is 0 Å². The van der Waals surface area contributed by atoms with Gasteiger partial charge in [0.1, 0.15) is 11.7 Å². The number of aryl methyl sites for hydroxylation is 1. The number of aromatic nitrogens is 1. The second-order valence-electron chi connectivity index (χ2n) is 9.71. The molecule has 1 unspecified atom stereocenters. The fourth-order valence-electron chi connectivity index (χ4n) is 4.25. The number of allylic oxidation sites excluding steroid dienone is 2. The third-order valence-corrected chi connectivity index (χ3v) is 10.2. The molecule has 0 radical (unpaired) electrons. The van der Waals surface area contributed by atoms with Gasteiger partial charge in [-0.25, -0.2) is 14.8 Å². The normalized spacial score (nSPS) is 32.3. The topological polar surface area (TPSA) is 98.5 Å². The van der Waals surface area contributed by atoms with Crippen LogP contribution >= 0.6 is 21.4 Å². The molecule has 1 aromatic rings. The van der Waals surface area contributed by atoms with Gasteiger partial charge in [-0.15, -0.1) is 26.4 Å². The number of thiazole rings is 1. The van der Waals surface area contributed by atoms with Gasteiger partial charge in [-0.2, -0.15) is 0 Å². The number of amides is 1. The molecule has 3 atom stereocenters. The predicted octanol–water partition coefficient (Wildman–Crippen LogP) is 3.78. The smallest absolute Gasteiger partial charge is 0.388 e. The van der Waals surface area contributed by atoms with E-state index in [2.05, 4.69) is 32.4 Å². The fraction of sp³-hybridized carbons (Fsp3) is 0.522. The highest BCUT2D eigenvalue weighted by Crippen LogP contribution is 2.64. The number of aliphatic hydroxyl groups is 2. The van der Waals surface area contributed by atoms with Gasteiger partial charge in [-0.05, 0) is 24.7 Å². The molecule has 4 rings (SSSR count). The molecule has 3 aliphatic heterocycles. The van der Waals surface area contributed by atoms with Crippen LogP contribution in [0, 0.1) is 12.3 Å². The average Bonchev–Trinajstić information content (AvgIpc) is 3.36. The van der Waals surface area contributed by atoms with Gasteiger partial charge in [0.25, 0.3) is 0 Å². The van der Waals surface area contributed by atoms with E-state index in [4.69, 9.17) is 14.8 Å². The Kier molecular flexibility index (Phi) is 6.34. The molecule has 1 fully saturated rings. The third kappa shape index (κ3) is 4.54. The van der Waals surface area contributed by atoms with Crippen molar-refractivity contribution in [1.29, 1.82) is 0 Å². The standard InChI is InChI=1S/C23H32N4O4S2/c1-16-24-19(14-32-16)33(5)15-17(25-20(33)22(2,3)4)23(30)9-12-27(13-18(23)28)31-21(29)26-10-7-6-8-11-26/h6-8,10,14-15,18,28,30H,9,11-13H2,1-5H3/t18-,23-/m1/s1. The number of β-amino-alcohol motifs (C(OH)–C–C–N with tert-alkyl or cyclic N) is 1. The first-order chi connectivity index (χ1) is 15.4. The molecular formula is C23H32N4O4S2. The van der Waals surface area contributed by atoms with Gasteiger partial charge in [0, 0.05) is 36.5 Å². The summed E-state index contributed by atoms with van der Waals surface area (Å²) in [5, 5.41) is 31.0. The zero-order chi connectivity index (χ0) is 24.0. The molecule has 10 heteroatoms. The van der Waals surface area contributed by atoms with E-state index in [1.807, 2.05) is 24.5 Å². The fourth-order valence-corrected chi connectivity index (χ4v) is 8.75. The largest absolute Gasteiger partial charge is 0.433 e. The lowest BCUT2D eigenvalue weighted by Crippen LogP contribution is -2.56. The molecule has 0 bridgehead atoms. The summed E-state index contributed by atoms with van der Waals surface area (Å²) in [6, 6.07) is 0. The van der Waals surface area contributed by atoms with Crippen LogP contribution in [0.5, 0.6) is 0 Å². The molecular weight excluding hydrogens is 460 g/mol. The number of hydrogen-bond donors (Lipinski definition) is 2. The molecule has 4 heterocycles. The van der Waals surface area contributed by atoms with Crippen molar-refractivity contribution in [2.75, 3.05) is 25.9 Å². The maximum Gasteiger partial charge on any atom is 0.433 e. The van der Waals surface area contributed by atoms with Crippen LogP contribution in [0.3, 0.4) is 0 Å². The molecule has 2 N–H and O–H groups in total. The first-order valence-corrected chi connectivity index (χ1v) is 13.9. The second-order valence-corrected chi connectivity index (χ2v) is 13.8. The lowest BCUT2D eigenvalue weighted by Gasteiger charge is -2.41. The quantitative estimate of drug-likeness (QED) is 0.666. The van der Waals surface area contributed by atoms with E-state index in [1.54, 1.807) is 23.6 Å². The molecule has 0 aliphatic carbocycles. The number of carbonyl (C=O) groups is 1. The van der Waals surface area contributed by atoms with E-state index in [9.17, 15) is 15.0 Å². The third-order valence-electron chi connectivity index (χ3n) is 6.02. The first-order valence-electron chi connectivity index (χ1n) is 10.9. The number of nitrogens with zero attached hydrogens (tertiary/aromatic N) is 4. The minimum Gasteiger partial charge on any atom is -0.388 e. The highest BCUT2D eigenvalue weighted by molar-refractivity contribution is 8.47. The molecule has 33 heavy (non-hydrogen) atoms. The monoisotopic (exact) mass is 492 g/mol. The van der Waals surface area contributed by atoms with Crippen molar-refractivity contribution in [3.63, 3.8) is 0 Å². The van der Waals surface area contributed by atoms with Gasteiger partial charge in [0.15, 0.2) is 0 Å². The van der Waals surface area contributed by atoms with Crippen LogP contribution in [0.25, 0.3) is 0 Å². The molecule has 3 aliphatic rings. The number of carbonyl (C=O) groups excluding carboxylic acids is 1. The zero-order valence-corrected chi connectivity index (χ0v) is 21.3. The summed E-state index contributed by atoms with van der Waals surface area (Å²) >= 11 is 1.60. The van der Waals surface area contributed by atoms with Gasteiger partial charge in [0.05, 0.1) is 27.3 Å². The van der Waals surface area contributed by atoms with Crippen LogP contribution in [-0.2, 0) is 4.84 Å². The van der Waals surface area contributed by atoms with Crippen LogP contribution in [0.2, 0.25) is 0 Å². The number of aliphatic hydroxyl groups excluding tert-OH is 1.